The Labute approximate surface area is 128 Å². The second-order valence-corrected chi connectivity index (χ2v) is 5.91. The molecule has 1 aromatic carbocycles. The topological polar surface area (TPSA) is 37.0 Å². The van der Waals surface area contributed by atoms with Gasteiger partial charge in [0.1, 0.15) is 6.17 Å². The van der Waals surface area contributed by atoms with Crippen LogP contribution in [-0.2, 0) is 0 Å². The lowest BCUT2D eigenvalue weighted by molar-refractivity contribution is 0.343. The van der Waals surface area contributed by atoms with E-state index >= 15 is 0 Å². The van der Waals surface area contributed by atoms with Crippen molar-refractivity contribution in [2.24, 2.45) is 0 Å². The lowest BCUT2D eigenvalue weighted by atomic mass is 10.1. The second kappa shape index (κ2) is 6.93. The lowest BCUT2D eigenvalue weighted by Crippen LogP contribution is -2.31. The Morgan fingerprint density at radius 2 is 2.16 bits per heavy atom. The van der Waals surface area contributed by atoms with Gasteiger partial charge in [0.05, 0.1) is 6.54 Å². The van der Waals surface area contributed by atoms with E-state index in [1.165, 1.54) is 11.3 Å². The number of rotatable bonds is 4. The van der Waals surface area contributed by atoms with Gasteiger partial charge in [-0.1, -0.05) is 28.1 Å². The molecule has 0 aliphatic carbocycles. The first kappa shape index (κ1) is 14.4. The van der Waals surface area contributed by atoms with Crippen LogP contribution in [0.3, 0.4) is 0 Å². The van der Waals surface area contributed by atoms with Gasteiger partial charge in [-0.3, -0.25) is 0 Å². The third-order valence-corrected chi connectivity index (χ3v) is 3.79. The number of halogens is 2. The Hall–Kier alpha value is -1.05. The van der Waals surface area contributed by atoms with Crippen molar-refractivity contribution in [3.05, 3.63) is 45.9 Å². The number of alkyl halides is 1. The van der Waals surface area contributed by atoms with E-state index in [0.717, 1.165) is 4.47 Å². The summed E-state index contributed by atoms with van der Waals surface area (Å²) in [5.74, 6) is 0. The molecular formula is C12H11BrFN3S2. The van der Waals surface area contributed by atoms with Gasteiger partial charge >= 0.3 is 0 Å². The largest absolute Gasteiger partial charge is 0.359 e. The van der Waals surface area contributed by atoms with Crippen LogP contribution in [0.15, 0.2) is 40.3 Å². The highest BCUT2D eigenvalue weighted by Gasteiger charge is 2.10. The zero-order valence-electron chi connectivity index (χ0n) is 9.77. The van der Waals surface area contributed by atoms with Gasteiger partial charge in [-0.05, 0) is 29.9 Å². The number of hydrogen-bond acceptors (Lipinski definition) is 3. The van der Waals surface area contributed by atoms with Crippen molar-refractivity contribution in [2.75, 3.05) is 11.9 Å². The van der Waals surface area contributed by atoms with E-state index in [0.29, 0.717) is 15.8 Å². The summed E-state index contributed by atoms with van der Waals surface area (Å²) in [6, 6.07) is 7.11. The summed E-state index contributed by atoms with van der Waals surface area (Å²) >= 11 is 9.81. The molecule has 0 saturated carbocycles. The number of hydrogen-bond donors (Lipinski definition) is 2. The minimum atomic E-state index is -1.11. The SMILES string of the molecule is FC(CNC(=S)Nc1nccs1)c1ccc(Br)cc1. The van der Waals surface area contributed by atoms with Crippen molar-refractivity contribution >= 4 is 49.7 Å². The predicted octanol–water partition coefficient (Wildman–Crippen LogP) is 3.90. The van der Waals surface area contributed by atoms with Crippen LogP contribution in [0.1, 0.15) is 11.7 Å². The average Bonchev–Trinajstić information content (AvgIpc) is 2.89. The summed E-state index contributed by atoms with van der Waals surface area (Å²) in [5, 5.41) is 8.62. The first-order chi connectivity index (χ1) is 9.15. The molecular weight excluding hydrogens is 349 g/mol. The summed E-state index contributed by atoms with van der Waals surface area (Å²) in [6.07, 6.45) is 0.569. The molecule has 2 N–H and O–H groups in total. The number of nitrogens with zero attached hydrogens (tertiary/aromatic N) is 1. The molecule has 1 unspecified atom stereocenters. The fourth-order valence-corrected chi connectivity index (χ4v) is 2.44. The van der Waals surface area contributed by atoms with Crippen molar-refractivity contribution in [2.45, 2.75) is 6.17 Å². The third-order valence-electron chi connectivity index (χ3n) is 2.33. The standard InChI is InChI=1S/C12H11BrFN3S2/c13-9-3-1-8(2-4-9)10(14)7-16-11(18)17-12-15-5-6-19-12/h1-6,10H,7H2,(H2,15,16,17,18). The molecule has 3 nitrogen and oxygen atoms in total. The van der Waals surface area contributed by atoms with Crippen LogP contribution in [0, 0.1) is 0 Å². The summed E-state index contributed by atoms with van der Waals surface area (Å²) in [5.41, 5.74) is 0.618. The lowest BCUT2D eigenvalue weighted by Gasteiger charge is -2.12. The third kappa shape index (κ3) is 4.52. The number of thiocarbonyl (C=S) groups is 1. The molecule has 0 fully saturated rings. The molecule has 0 bridgehead atoms. The quantitative estimate of drug-likeness (QED) is 0.811. The van der Waals surface area contributed by atoms with Crippen molar-refractivity contribution in [1.29, 1.82) is 0 Å². The van der Waals surface area contributed by atoms with Crippen LogP contribution in [0.2, 0.25) is 0 Å². The maximum Gasteiger partial charge on any atom is 0.188 e. The Balaban J connectivity index is 1.81. The smallest absolute Gasteiger partial charge is 0.188 e. The van der Waals surface area contributed by atoms with E-state index in [1.807, 2.05) is 17.5 Å². The Morgan fingerprint density at radius 1 is 1.42 bits per heavy atom. The first-order valence-corrected chi connectivity index (χ1v) is 7.57. The maximum absolute atomic E-state index is 13.9. The van der Waals surface area contributed by atoms with Crippen LogP contribution in [0.4, 0.5) is 9.52 Å². The van der Waals surface area contributed by atoms with Gasteiger partial charge in [-0.2, -0.15) is 0 Å². The number of aromatic nitrogens is 1. The van der Waals surface area contributed by atoms with Crippen molar-refractivity contribution in [3.8, 4) is 0 Å². The van der Waals surface area contributed by atoms with Gasteiger partial charge < -0.3 is 10.6 Å². The molecule has 2 aromatic rings. The summed E-state index contributed by atoms with van der Waals surface area (Å²) in [7, 11) is 0. The first-order valence-electron chi connectivity index (χ1n) is 5.49. The van der Waals surface area contributed by atoms with Crippen molar-refractivity contribution in [3.63, 3.8) is 0 Å². The van der Waals surface area contributed by atoms with Crippen LogP contribution in [-0.4, -0.2) is 16.6 Å². The number of thiazole rings is 1. The maximum atomic E-state index is 13.9. The highest BCUT2D eigenvalue weighted by Crippen LogP contribution is 2.19. The molecule has 0 spiro atoms. The van der Waals surface area contributed by atoms with Crippen molar-refractivity contribution < 1.29 is 4.39 Å². The molecule has 1 aromatic heterocycles. The number of anilines is 1. The van der Waals surface area contributed by atoms with Crippen LogP contribution in [0.5, 0.6) is 0 Å². The number of benzene rings is 1. The zero-order valence-corrected chi connectivity index (χ0v) is 13.0. The normalized spacial score (nSPS) is 11.9. The summed E-state index contributed by atoms with van der Waals surface area (Å²) in [6.45, 7) is 0.124. The van der Waals surface area contributed by atoms with Gasteiger partial charge in [0.25, 0.3) is 0 Å². The molecule has 100 valence electrons. The molecule has 0 aliphatic rings. The van der Waals surface area contributed by atoms with Gasteiger partial charge in [0.15, 0.2) is 10.2 Å². The zero-order chi connectivity index (χ0) is 13.7. The second-order valence-electron chi connectivity index (χ2n) is 3.69. The van der Waals surface area contributed by atoms with E-state index < -0.39 is 6.17 Å². The minimum absolute atomic E-state index is 0.124. The van der Waals surface area contributed by atoms with Gasteiger partial charge in [0, 0.05) is 16.0 Å². The van der Waals surface area contributed by atoms with Crippen LogP contribution < -0.4 is 10.6 Å². The Morgan fingerprint density at radius 3 is 2.79 bits per heavy atom. The van der Waals surface area contributed by atoms with Crippen LogP contribution in [0.25, 0.3) is 0 Å². The van der Waals surface area contributed by atoms with E-state index in [1.54, 1.807) is 18.3 Å². The van der Waals surface area contributed by atoms with E-state index in [-0.39, 0.29) is 6.54 Å². The van der Waals surface area contributed by atoms with Crippen molar-refractivity contribution in [1.82, 2.24) is 10.3 Å². The summed E-state index contributed by atoms with van der Waals surface area (Å²) in [4.78, 5) is 4.03. The summed E-state index contributed by atoms with van der Waals surface area (Å²) < 4.78 is 14.9. The molecule has 0 amide bonds. The predicted molar refractivity (Wildman–Crippen MR) is 84.3 cm³/mol. The molecule has 0 aliphatic heterocycles. The molecule has 7 heteroatoms. The van der Waals surface area contributed by atoms with E-state index in [9.17, 15) is 4.39 Å². The van der Waals surface area contributed by atoms with E-state index in [4.69, 9.17) is 12.2 Å². The Kier molecular flexibility index (Phi) is 5.24. The number of nitrogens with one attached hydrogen (secondary N) is 2. The molecule has 2 rings (SSSR count). The molecule has 0 saturated heterocycles. The molecule has 1 heterocycles. The van der Waals surface area contributed by atoms with Gasteiger partial charge in [-0.25, -0.2) is 9.37 Å². The highest BCUT2D eigenvalue weighted by molar-refractivity contribution is 9.10. The molecule has 19 heavy (non-hydrogen) atoms. The fraction of sp³-hybridized carbons (Fsp3) is 0.167. The fourth-order valence-electron chi connectivity index (χ4n) is 1.40. The Bertz CT molecular complexity index is 530. The molecule has 1 atom stereocenters. The minimum Gasteiger partial charge on any atom is -0.359 e. The van der Waals surface area contributed by atoms with Crippen LogP contribution >= 0.6 is 39.5 Å². The van der Waals surface area contributed by atoms with Gasteiger partial charge in [0.2, 0.25) is 0 Å². The average molecular weight is 360 g/mol. The van der Waals surface area contributed by atoms with Gasteiger partial charge in [-0.15, -0.1) is 11.3 Å². The monoisotopic (exact) mass is 359 g/mol. The van der Waals surface area contributed by atoms with E-state index in [2.05, 4.69) is 31.5 Å². The highest BCUT2D eigenvalue weighted by atomic mass is 79.9. The molecule has 0 radical (unpaired) electrons.